The molecule has 0 spiro atoms. The second kappa shape index (κ2) is 3.87. The minimum Gasteiger partial charge on any atom is -0.481 e. The number of hydrogen-bond acceptors (Lipinski definition) is 4. The Morgan fingerprint density at radius 1 is 1.40 bits per heavy atom. The van der Waals surface area contributed by atoms with Crippen molar-refractivity contribution in [2.75, 3.05) is 0 Å². The van der Waals surface area contributed by atoms with Gasteiger partial charge in [0.1, 0.15) is 5.69 Å². The van der Waals surface area contributed by atoms with E-state index in [1.807, 2.05) is 0 Å². The highest BCUT2D eigenvalue weighted by molar-refractivity contribution is 5.73. The first-order chi connectivity index (χ1) is 7.27. The van der Waals surface area contributed by atoms with E-state index in [4.69, 9.17) is 5.11 Å². The van der Waals surface area contributed by atoms with Gasteiger partial charge in [0.2, 0.25) is 0 Å². The molecule has 0 aliphatic heterocycles. The number of rotatable bonds is 3. The van der Waals surface area contributed by atoms with Gasteiger partial charge in [-0.25, -0.2) is 0 Å². The first-order valence-corrected chi connectivity index (χ1v) is 4.28. The molecule has 15 heavy (non-hydrogen) atoms. The van der Waals surface area contributed by atoms with Crippen molar-refractivity contribution in [3.05, 3.63) is 30.4 Å². The number of aromatic nitrogens is 4. The molecule has 0 fully saturated rings. The third-order valence-electron chi connectivity index (χ3n) is 1.88. The van der Waals surface area contributed by atoms with Crippen molar-refractivity contribution < 1.29 is 9.90 Å². The predicted octanol–water partition coefficient (Wildman–Crippen LogP) is 0.494. The van der Waals surface area contributed by atoms with Crippen molar-refractivity contribution in [3.63, 3.8) is 0 Å². The van der Waals surface area contributed by atoms with Crippen LogP contribution in [0.4, 0.5) is 0 Å². The lowest BCUT2D eigenvalue weighted by Crippen LogP contribution is -2.00. The second-order valence-electron chi connectivity index (χ2n) is 2.93. The van der Waals surface area contributed by atoms with E-state index in [1.165, 1.54) is 6.20 Å². The zero-order valence-corrected chi connectivity index (χ0v) is 7.71. The molecular weight excluding hydrogens is 196 g/mol. The van der Waals surface area contributed by atoms with E-state index in [0.717, 1.165) is 0 Å². The summed E-state index contributed by atoms with van der Waals surface area (Å²) in [4.78, 5) is 18.5. The normalized spacial score (nSPS) is 10.1. The Morgan fingerprint density at radius 3 is 2.93 bits per heavy atom. The van der Waals surface area contributed by atoms with Crippen molar-refractivity contribution in [3.8, 4) is 11.4 Å². The molecule has 2 rings (SSSR count). The fourth-order valence-electron chi connectivity index (χ4n) is 1.26. The Labute approximate surface area is 85.0 Å². The van der Waals surface area contributed by atoms with Gasteiger partial charge in [-0.05, 0) is 0 Å². The molecule has 0 amide bonds. The van der Waals surface area contributed by atoms with Gasteiger partial charge in [-0.2, -0.15) is 5.10 Å². The van der Waals surface area contributed by atoms with E-state index in [2.05, 4.69) is 20.2 Å². The first-order valence-electron chi connectivity index (χ1n) is 4.28. The third-order valence-corrected chi connectivity index (χ3v) is 1.88. The summed E-state index contributed by atoms with van der Waals surface area (Å²) >= 11 is 0. The molecule has 0 radical (unpaired) electrons. The molecule has 0 bridgehead atoms. The van der Waals surface area contributed by atoms with Gasteiger partial charge in [0, 0.05) is 18.0 Å². The predicted molar refractivity (Wildman–Crippen MR) is 51.0 cm³/mol. The molecule has 0 aliphatic carbocycles. The fourth-order valence-corrected chi connectivity index (χ4v) is 1.26. The maximum absolute atomic E-state index is 10.6. The molecule has 76 valence electrons. The number of carbonyl (C=O) groups is 1. The maximum atomic E-state index is 10.6. The van der Waals surface area contributed by atoms with Crippen molar-refractivity contribution in [2.24, 2.45) is 0 Å². The van der Waals surface area contributed by atoms with E-state index in [-0.39, 0.29) is 6.42 Å². The van der Waals surface area contributed by atoms with Crippen LogP contribution in [-0.4, -0.2) is 31.2 Å². The standard InChI is InChI=1S/C9H8N4O2/c14-8(15)3-6-4-12-13-9(6)7-5-10-1-2-11-7/h1-2,4-5H,3H2,(H,12,13)(H,14,15). The summed E-state index contributed by atoms with van der Waals surface area (Å²) in [7, 11) is 0. The average Bonchev–Trinajstić information content (AvgIpc) is 2.66. The molecule has 0 aromatic carbocycles. The minimum atomic E-state index is -0.901. The summed E-state index contributed by atoms with van der Waals surface area (Å²) in [5, 5.41) is 15.2. The Kier molecular flexibility index (Phi) is 2.40. The van der Waals surface area contributed by atoms with Crippen LogP contribution in [0.15, 0.2) is 24.8 Å². The zero-order chi connectivity index (χ0) is 10.7. The number of nitrogens with one attached hydrogen (secondary N) is 1. The zero-order valence-electron chi connectivity index (χ0n) is 7.71. The smallest absolute Gasteiger partial charge is 0.307 e. The van der Waals surface area contributed by atoms with Crippen LogP contribution in [0.2, 0.25) is 0 Å². The lowest BCUT2D eigenvalue weighted by Gasteiger charge is -1.98. The van der Waals surface area contributed by atoms with Gasteiger partial charge in [-0.1, -0.05) is 0 Å². The number of aliphatic carboxylic acids is 1. The fraction of sp³-hybridized carbons (Fsp3) is 0.111. The van der Waals surface area contributed by atoms with E-state index in [9.17, 15) is 4.79 Å². The topological polar surface area (TPSA) is 91.8 Å². The van der Waals surface area contributed by atoms with Crippen LogP contribution >= 0.6 is 0 Å². The van der Waals surface area contributed by atoms with E-state index in [1.54, 1.807) is 18.6 Å². The van der Waals surface area contributed by atoms with Crippen molar-refractivity contribution in [1.82, 2.24) is 20.2 Å². The quantitative estimate of drug-likeness (QED) is 0.759. The number of carboxylic acid groups (broad SMARTS) is 1. The number of nitrogens with zero attached hydrogens (tertiary/aromatic N) is 3. The van der Waals surface area contributed by atoms with Crippen molar-refractivity contribution in [2.45, 2.75) is 6.42 Å². The number of H-pyrrole nitrogens is 1. The molecule has 0 atom stereocenters. The van der Waals surface area contributed by atoms with Gasteiger partial charge in [0.25, 0.3) is 0 Å². The van der Waals surface area contributed by atoms with Crippen LogP contribution in [0, 0.1) is 0 Å². The van der Waals surface area contributed by atoms with Crippen molar-refractivity contribution >= 4 is 5.97 Å². The number of carboxylic acids is 1. The minimum absolute atomic E-state index is 0.0809. The molecule has 2 aromatic rings. The molecular formula is C9H8N4O2. The highest BCUT2D eigenvalue weighted by atomic mass is 16.4. The van der Waals surface area contributed by atoms with Gasteiger partial charge in [0.05, 0.1) is 24.5 Å². The van der Waals surface area contributed by atoms with Crippen LogP contribution in [-0.2, 0) is 11.2 Å². The van der Waals surface area contributed by atoms with E-state index in [0.29, 0.717) is 17.0 Å². The molecule has 6 heteroatoms. The highest BCUT2D eigenvalue weighted by Gasteiger charge is 2.11. The Bertz CT molecular complexity index is 466. The summed E-state index contributed by atoms with van der Waals surface area (Å²) in [6, 6.07) is 0. The molecule has 2 N–H and O–H groups in total. The van der Waals surface area contributed by atoms with Crippen LogP contribution in [0.3, 0.4) is 0 Å². The Balaban J connectivity index is 2.37. The summed E-state index contributed by atoms with van der Waals surface area (Å²) < 4.78 is 0. The van der Waals surface area contributed by atoms with Gasteiger partial charge in [-0.3, -0.25) is 19.9 Å². The number of hydrogen-bond donors (Lipinski definition) is 2. The van der Waals surface area contributed by atoms with E-state index < -0.39 is 5.97 Å². The average molecular weight is 204 g/mol. The Morgan fingerprint density at radius 2 is 2.27 bits per heavy atom. The summed E-state index contributed by atoms with van der Waals surface area (Å²) in [5.41, 5.74) is 1.79. The van der Waals surface area contributed by atoms with Crippen LogP contribution in [0.1, 0.15) is 5.56 Å². The van der Waals surface area contributed by atoms with Crippen LogP contribution in [0.5, 0.6) is 0 Å². The largest absolute Gasteiger partial charge is 0.481 e. The van der Waals surface area contributed by atoms with Crippen molar-refractivity contribution in [1.29, 1.82) is 0 Å². The molecule has 2 aromatic heterocycles. The third kappa shape index (κ3) is 1.98. The van der Waals surface area contributed by atoms with Gasteiger partial charge in [-0.15, -0.1) is 0 Å². The van der Waals surface area contributed by atoms with Gasteiger partial charge >= 0.3 is 5.97 Å². The molecule has 0 saturated carbocycles. The monoisotopic (exact) mass is 204 g/mol. The summed E-state index contributed by atoms with van der Waals surface area (Å²) in [6.07, 6.45) is 6.05. The van der Waals surface area contributed by atoms with E-state index >= 15 is 0 Å². The molecule has 2 heterocycles. The maximum Gasteiger partial charge on any atom is 0.307 e. The SMILES string of the molecule is O=C(O)Cc1cn[nH]c1-c1cnccn1. The lowest BCUT2D eigenvalue weighted by atomic mass is 10.1. The van der Waals surface area contributed by atoms with Gasteiger partial charge in [0.15, 0.2) is 0 Å². The molecule has 0 unspecified atom stereocenters. The number of aromatic amines is 1. The van der Waals surface area contributed by atoms with Crippen LogP contribution in [0.25, 0.3) is 11.4 Å². The lowest BCUT2D eigenvalue weighted by molar-refractivity contribution is -0.136. The van der Waals surface area contributed by atoms with Gasteiger partial charge < -0.3 is 5.11 Å². The second-order valence-corrected chi connectivity index (χ2v) is 2.93. The molecule has 0 saturated heterocycles. The molecule has 0 aliphatic rings. The summed E-state index contributed by atoms with van der Waals surface area (Å²) in [5.74, 6) is -0.901. The first kappa shape index (κ1) is 9.32. The summed E-state index contributed by atoms with van der Waals surface area (Å²) in [6.45, 7) is 0. The van der Waals surface area contributed by atoms with Crippen LogP contribution < -0.4 is 0 Å². The Hall–Kier alpha value is -2.24. The highest BCUT2D eigenvalue weighted by Crippen LogP contribution is 2.17. The molecule has 6 nitrogen and oxygen atoms in total.